The van der Waals surface area contributed by atoms with Gasteiger partial charge in [0.1, 0.15) is 24.7 Å². The van der Waals surface area contributed by atoms with Crippen molar-refractivity contribution in [2.24, 2.45) is 0 Å². The van der Waals surface area contributed by atoms with Crippen LogP contribution in [0.2, 0.25) is 0 Å². The largest absolute Gasteiger partial charge is 0.490 e. The van der Waals surface area contributed by atoms with Crippen LogP contribution in [0.4, 0.5) is 4.79 Å². The lowest BCUT2D eigenvalue weighted by atomic mass is 10.2. The van der Waals surface area contributed by atoms with Gasteiger partial charge in [-0.15, -0.1) is 0 Å². The Morgan fingerprint density at radius 2 is 1.07 bits per heavy atom. The normalized spacial score (nSPS) is 16.1. The molecule has 2 aromatic rings. The molecular weight excluding hydrogens is 352 g/mol. The van der Waals surface area contributed by atoms with Gasteiger partial charge in [0.25, 0.3) is 11.8 Å². The maximum absolute atomic E-state index is 12.3. The van der Waals surface area contributed by atoms with Gasteiger partial charge in [0.05, 0.1) is 24.3 Å². The SMILES string of the molecule is O=C1NC(=O)c2ccccc2OCCOCCOc2ccccc2C(=O)N1. The highest BCUT2D eigenvalue weighted by Crippen LogP contribution is 2.19. The molecule has 0 unspecified atom stereocenters. The van der Waals surface area contributed by atoms with Crippen LogP contribution in [0.5, 0.6) is 11.5 Å². The number of rotatable bonds is 0. The smallest absolute Gasteiger partial charge is 0.328 e. The average molecular weight is 370 g/mol. The van der Waals surface area contributed by atoms with E-state index < -0.39 is 17.8 Å². The van der Waals surface area contributed by atoms with Gasteiger partial charge in [0.15, 0.2) is 0 Å². The molecule has 1 heterocycles. The van der Waals surface area contributed by atoms with Crippen LogP contribution >= 0.6 is 0 Å². The van der Waals surface area contributed by atoms with Crippen LogP contribution in [0.25, 0.3) is 0 Å². The van der Waals surface area contributed by atoms with Gasteiger partial charge in [-0.05, 0) is 24.3 Å². The van der Waals surface area contributed by atoms with Crippen LogP contribution in [-0.4, -0.2) is 44.3 Å². The van der Waals surface area contributed by atoms with E-state index in [1.165, 1.54) is 12.1 Å². The number of nitrogens with one attached hydrogen (secondary N) is 2. The lowest BCUT2D eigenvalue weighted by Gasteiger charge is -2.14. The van der Waals surface area contributed by atoms with Gasteiger partial charge in [-0.25, -0.2) is 4.79 Å². The summed E-state index contributed by atoms with van der Waals surface area (Å²) in [5.41, 5.74) is 0.354. The molecule has 8 nitrogen and oxygen atoms in total. The molecule has 140 valence electrons. The Bertz CT molecular complexity index is 784. The van der Waals surface area contributed by atoms with Crippen molar-refractivity contribution in [1.29, 1.82) is 0 Å². The average Bonchev–Trinajstić information content (AvgIpc) is 2.67. The second kappa shape index (κ2) is 8.81. The topological polar surface area (TPSA) is 103 Å². The number of imide groups is 2. The zero-order valence-electron chi connectivity index (χ0n) is 14.4. The summed E-state index contributed by atoms with van der Waals surface area (Å²) in [7, 11) is 0. The van der Waals surface area contributed by atoms with Crippen molar-refractivity contribution in [2.75, 3.05) is 26.4 Å². The quantitative estimate of drug-likeness (QED) is 0.732. The maximum atomic E-state index is 12.3. The van der Waals surface area contributed by atoms with Gasteiger partial charge in [0.2, 0.25) is 0 Å². The van der Waals surface area contributed by atoms with Gasteiger partial charge >= 0.3 is 6.03 Å². The van der Waals surface area contributed by atoms with Gasteiger partial charge in [-0.2, -0.15) is 0 Å². The second-order valence-electron chi connectivity index (χ2n) is 5.54. The second-order valence-corrected chi connectivity index (χ2v) is 5.54. The lowest BCUT2D eigenvalue weighted by Crippen LogP contribution is -2.42. The monoisotopic (exact) mass is 370 g/mol. The summed E-state index contributed by atoms with van der Waals surface area (Å²) in [5, 5.41) is 4.23. The summed E-state index contributed by atoms with van der Waals surface area (Å²) in [6.07, 6.45) is 0. The van der Waals surface area contributed by atoms with Crippen molar-refractivity contribution < 1.29 is 28.6 Å². The van der Waals surface area contributed by atoms with E-state index in [-0.39, 0.29) is 24.3 Å². The fourth-order valence-corrected chi connectivity index (χ4v) is 2.46. The lowest BCUT2D eigenvalue weighted by molar-refractivity contribution is 0.0748. The predicted molar refractivity (Wildman–Crippen MR) is 95.0 cm³/mol. The Morgan fingerprint density at radius 1 is 0.630 bits per heavy atom. The molecule has 1 aliphatic heterocycles. The van der Waals surface area contributed by atoms with E-state index in [1.807, 2.05) is 0 Å². The Morgan fingerprint density at radius 3 is 1.56 bits per heavy atom. The van der Waals surface area contributed by atoms with Crippen molar-refractivity contribution >= 4 is 17.8 Å². The minimum absolute atomic E-state index is 0.177. The molecule has 3 rings (SSSR count). The minimum Gasteiger partial charge on any atom is -0.490 e. The number of carbonyl (C=O) groups is 3. The number of amides is 4. The molecule has 0 fully saturated rings. The minimum atomic E-state index is -0.940. The molecule has 0 spiro atoms. The predicted octanol–water partition coefficient (Wildman–Crippen LogP) is 1.75. The molecule has 0 radical (unpaired) electrons. The molecule has 27 heavy (non-hydrogen) atoms. The van der Waals surface area contributed by atoms with E-state index in [0.717, 1.165) is 0 Å². The number of urea groups is 1. The zero-order valence-corrected chi connectivity index (χ0v) is 14.4. The van der Waals surface area contributed by atoms with E-state index in [9.17, 15) is 14.4 Å². The van der Waals surface area contributed by atoms with Crippen LogP contribution in [0.1, 0.15) is 20.7 Å². The molecule has 8 heteroatoms. The van der Waals surface area contributed by atoms with Crippen LogP contribution < -0.4 is 20.1 Å². The van der Waals surface area contributed by atoms with E-state index >= 15 is 0 Å². The molecule has 0 aromatic heterocycles. The van der Waals surface area contributed by atoms with Crippen molar-refractivity contribution in [2.45, 2.75) is 0 Å². The number of fused-ring (bicyclic) bond motifs is 2. The molecule has 1 aliphatic rings. The molecule has 2 N–H and O–H groups in total. The van der Waals surface area contributed by atoms with Crippen LogP contribution in [0, 0.1) is 0 Å². The first kappa shape index (κ1) is 18.4. The van der Waals surface area contributed by atoms with Gasteiger partial charge < -0.3 is 14.2 Å². The fourth-order valence-electron chi connectivity index (χ4n) is 2.46. The number of hydrogen-bond donors (Lipinski definition) is 2. The third-order valence-electron chi connectivity index (χ3n) is 3.69. The van der Waals surface area contributed by atoms with Gasteiger partial charge in [-0.3, -0.25) is 20.2 Å². The van der Waals surface area contributed by atoms with E-state index in [0.29, 0.717) is 24.7 Å². The highest BCUT2D eigenvalue weighted by atomic mass is 16.5. The number of para-hydroxylation sites is 2. The van der Waals surface area contributed by atoms with Crippen molar-refractivity contribution in [3.63, 3.8) is 0 Å². The Hall–Kier alpha value is -3.39. The van der Waals surface area contributed by atoms with Crippen LogP contribution in [-0.2, 0) is 4.74 Å². The summed E-state index contributed by atoms with van der Waals surface area (Å²) >= 11 is 0. The summed E-state index contributed by atoms with van der Waals surface area (Å²) < 4.78 is 16.5. The van der Waals surface area contributed by atoms with Gasteiger partial charge in [-0.1, -0.05) is 24.3 Å². The van der Waals surface area contributed by atoms with Gasteiger partial charge in [0, 0.05) is 0 Å². The van der Waals surface area contributed by atoms with Crippen LogP contribution in [0.15, 0.2) is 48.5 Å². The molecule has 0 atom stereocenters. The summed E-state index contributed by atoms with van der Waals surface area (Å²) in [6.45, 7) is 1.04. The third kappa shape index (κ3) is 4.83. The molecule has 0 bridgehead atoms. The van der Waals surface area contributed by atoms with Crippen LogP contribution in [0.3, 0.4) is 0 Å². The first-order valence-electron chi connectivity index (χ1n) is 8.33. The van der Waals surface area contributed by atoms with Crippen molar-refractivity contribution in [1.82, 2.24) is 10.6 Å². The molecule has 2 aromatic carbocycles. The summed E-state index contributed by atoms with van der Waals surface area (Å²) in [4.78, 5) is 36.7. The highest BCUT2D eigenvalue weighted by molar-refractivity contribution is 6.12. The number of ether oxygens (including phenoxy) is 3. The van der Waals surface area contributed by atoms with E-state index in [1.54, 1.807) is 36.4 Å². The molecule has 0 aliphatic carbocycles. The summed E-state index contributed by atoms with van der Waals surface area (Å²) in [6, 6.07) is 12.0. The Balaban J connectivity index is 1.82. The molecule has 4 amide bonds. The number of benzene rings is 2. The Labute approximate surface area is 155 Å². The zero-order chi connectivity index (χ0) is 19.1. The molecular formula is C19H18N2O6. The number of carbonyl (C=O) groups excluding carboxylic acids is 3. The first-order chi connectivity index (χ1) is 13.1. The van der Waals surface area contributed by atoms with Crippen molar-refractivity contribution in [3.05, 3.63) is 59.7 Å². The standard InChI is InChI=1S/C19H18N2O6/c22-17-13-5-1-3-7-15(13)26-11-9-25-10-12-27-16-8-4-2-6-14(16)18(23)21-19(24)20-17/h1-8H,9-12H2,(H2,20,21,22,23,24). The molecule has 0 saturated heterocycles. The highest BCUT2D eigenvalue weighted by Gasteiger charge is 2.19. The first-order valence-corrected chi connectivity index (χ1v) is 8.33. The number of hydrogen-bond acceptors (Lipinski definition) is 6. The molecule has 0 saturated carbocycles. The fraction of sp³-hybridized carbons (Fsp3) is 0.211. The van der Waals surface area contributed by atoms with Crippen molar-refractivity contribution in [3.8, 4) is 11.5 Å². The van der Waals surface area contributed by atoms with E-state index in [4.69, 9.17) is 14.2 Å². The Kier molecular flexibility index (Phi) is 6.01. The maximum Gasteiger partial charge on any atom is 0.328 e. The third-order valence-corrected chi connectivity index (χ3v) is 3.69. The van der Waals surface area contributed by atoms with E-state index in [2.05, 4.69) is 10.6 Å². The summed E-state index contributed by atoms with van der Waals surface area (Å²) in [5.74, 6) is -0.750.